The first-order valence-electron chi connectivity index (χ1n) is 13.2. The third kappa shape index (κ3) is 5.64. The minimum absolute atomic E-state index is 0.0770. The van der Waals surface area contributed by atoms with Crippen molar-refractivity contribution in [2.75, 3.05) is 6.61 Å². The Morgan fingerprint density at radius 3 is 2.78 bits per heavy atom. The Bertz CT molecular complexity index is 1180. The number of para-hydroxylation sites is 1. The van der Waals surface area contributed by atoms with Crippen molar-refractivity contribution >= 4 is 17.8 Å². The lowest BCUT2D eigenvalue weighted by atomic mass is 9.85. The molecule has 0 aliphatic carbocycles. The summed E-state index contributed by atoms with van der Waals surface area (Å²) < 4.78 is 5.73. The summed E-state index contributed by atoms with van der Waals surface area (Å²) in [6.07, 6.45) is 9.94. The van der Waals surface area contributed by atoms with E-state index in [9.17, 15) is 9.59 Å². The third-order valence-corrected chi connectivity index (χ3v) is 7.64. The molecule has 3 N–H and O–H groups in total. The zero-order chi connectivity index (χ0) is 26.4. The number of guanidine groups is 1. The average Bonchev–Trinajstić information content (AvgIpc) is 2.92. The van der Waals surface area contributed by atoms with Crippen LogP contribution in [-0.2, 0) is 4.79 Å². The Balaban J connectivity index is 1.58. The molecule has 2 unspecified atom stereocenters. The minimum Gasteiger partial charge on any atom is -0.493 e. The van der Waals surface area contributed by atoms with Gasteiger partial charge in [0.1, 0.15) is 5.75 Å². The molecule has 194 valence electrons. The van der Waals surface area contributed by atoms with Gasteiger partial charge in [-0.05, 0) is 49.4 Å². The normalized spacial score (nSPS) is 19.2. The van der Waals surface area contributed by atoms with Crippen molar-refractivity contribution in [1.82, 2.24) is 15.5 Å². The summed E-state index contributed by atoms with van der Waals surface area (Å²) in [7, 11) is 0. The number of unbranched alkanes of at least 4 members (excludes halogenated alkanes) is 1. The number of carbonyl (C=O) groups is 2. The van der Waals surface area contributed by atoms with E-state index in [-0.39, 0.29) is 29.9 Å². The van der Waals surface area contributed by atoms with Gasteiger partial charge in [-0.3, -0.25) is 19.9 Å². The molecule has 0 radical (unpaired) electrons. The summed E-state index contributed by atoms with van der Waals surface area (Å²) in [5, 5.41) is 15.2. The number of rotatable bonds is 9. The molecular weight excluding hydrogens is 464 g/mol. The molecular formula is C30H36N4O3. The van der Waals surface area contributed by atoms with Gasteiger partial charge < -0.3 is 15.4 Å². The smallest absolute Gasteiger partial charge is 0.251 e. The van der Waals surface area contributed by atoms with Crippen molar-refractivity contribution in [3.05, 3.63) is 65.2 Å². The number of ether oxygens (including phenoxy) is 1. The SMILES string of the molecule is C#CCCCC(c1cccc(C(=O)NC2CCOc3ccccc32)c1)N1C(=N)NC(CC)(CC)CC1=O. The highest BCUT2D eigenvalue weighted by Crippen LogP contribution is 2.34. The molecule has 2 heterocycles. The van der Waals surface area contributed by atoms with E-state index in [4.69, 9.17) is 16.6 Å². The lowest BCUT2D eigenvalue weighted by Crippen LogP contribution is -2.62. The molecule has 0 bridgehead atoms. The Labute approximate surface area is 219 Å². The maximum absolute atomic E-state index is 13.4. The lowest BCUT2D eigenvalue weighted by molar-refractivity contribution is -0.132. The molecule has 0 spiro atoms. The van der Waals surface area contributed by atoms with Gasteiger partial charge in [0.25, 0.3) is 5.91 Å². The highest BCUT2D eigenvalue weighted by Gasteiger charge is 2.42. The van der Waals surface area contributed by atoms with Crippen LogP contribution >= 0.6 is 0 Å². The van der Waals surface area contributed by atoms with Crippen molar-refractivity contribution < 1.29 is 14.3 Å². The minimum atomic E-state index is -0.393. The Hall–Kier alpha value is -3.79. The monoisotopic (exact) mass is 500 g/mol. The molecule has 2 aliphatic rings. The zero-order valence-corrected chi connectivity index (χ0v) is 21.7. The average molecular weight is 501 g/mol. The van der Waals surface area contributed by atoms with Gasteiger partial charge in [0.05, 0.1) is 25.1 Å². The Kier molecular flexibility index (Phi) is 8.17. The molecule has 7 heteroatoms. The van der Waals surface area contributed by atoms with E-state index in [2.05, 4.69) is 16.6 Å². The number of hydrogen-bond acceptors (Lipinski definition) is 4. The fourth-order valence-electron chi connectivity index (χ4n) is 5.32. The summed E-state index contributed by atoms with van der Waals surface area (Å²) in [5.74, 6) is 3.32. The molecule has 0 saturated carbocycles. The molecule has 2 amide bonds. The van der Waals surface area contributed by atoms with Gasteiger partial charge in [-0.2, -0.15) is 0 Å². The van der Waals surface area contributed by atoms with Crippen LogP contribution in [0.2, 0.25) is 0 Å². The molecule has 1 fully saturated rings. The largest absolute Gasteiger partial charge is 0.493 e. The van der Waals surface area contributed by atoms with Gasteiger partial charge in [-0.25, -0.2) is 0 Å². The van der Waals surface area contributed by atoms with E-state index >= 15 is 0 Å². The second-order valence-electron chi connectivity index (χ2n) is 9.84. The fraction of sp³-hybridized carbons (Fsp3) is 0.433. The summed E-state index contributed by atoms with van der Waals surface area (Å²) in [6, 6.07) is 14.6. The first-order chi connectivity index (χ1) is 17.9. The Morgan fingerprint density at radius 1 is 1.27 bits per heavy atom. The zero-order valence-electron chi connectivity index (χ0n) is 21.7. The fourth-order valence-corrected chi connectivity index (χ4v) is 5.32. The van der Waals surface area contributed by atoms with Crippen molar-refractivity contribution in [2.24, 2.45) is 0 Å². The van der Waals surface area contributed by atoms with E-state index in [0.29, 0.717) is 44.3 Å². The van der Waals surface area contributed by atoms with Crippen molar-refractivity contribution in [3.63, 3.8) is 0 Å². The number of nitrogens with one attached hydrogen (secondary N) is 3. The summed E-state index contributed by atoms with van der Waals surface area (Å²) in [4.78, 5) is 28.3. The van der Waals surface area contributed by atoms with Crippen LogP contribution in [0.5, 0.6) is 5.75 Å². The van der Waals surface area contributed by atoms with Gasteiger partial charge in [0, 0.05) is 29.5 Å². The summed E-state index contributed by atoms with van der Waals surface area (Å²) >= 11 is 0. The van der Waals surface area contributed by atoms with Gasteiger partial charge in [0.2, 0.25) is 5.91 Å². The van der Waals surface area contributed by atoms with E-state index in [0.717, 1.165) is 29.7 Å². The number of terminal acetylenes is 1. The second-order valence-corrected chi connectivity index (χ2v) is 9.84. The molecule has 2 aromatic rings. The van der Waals surface area contributed by atoms with Crippen LogP contribution in [0.15, 0.2) is 48.5 Å². The molecule has 37 heavy (non-hydrogen) atoms. The molecule has 4 rings (SSSR count). The third-order valence-electron chi connectivity index (χ3n) is 7.64. The van der Waals surface area contributed by atoms with Crippen LogP contribution in [0.25, 0.3) is 0 Å². The van der Waals surface area contributed by atoms with Crippen LogP contribution in [-0.4, -0.2) is 34.8 Å². The first kappa shape index (κ1) is 26.3. The topological polar surface area (TPSA) is 94.5 Å². The maximum Gasteiger partial charge on any atom is 0.251 e. The molecule has 1 saturated heterocycles. The number of nitrogens with zero attached hydrogens (tertiary/aromatic N) is 1. The van der Waals surface area contributed by atoms with Gasteiger partial charge >= 0.3 is 0 Å². The predicted octanol–water partition coefficient (Wildman–Crippen LogP) is 5.10. The highest BCUT2D eigenvalue weighted by molar-refractivity contribution is 6.00. The molecule has 7 nitrogen and oxygen atoms in total. The standard InChI is InChI=1S/C30H36N4O3/c1-4-7-8-15-25(34-27(35)20-30(5-2,6-3)33-29(34)31)21-12-11-13-22(19-21)28(36)32-24-17-18-37-26-16-10-9-14-23(24)26/h1,9-14,16,19,24-25H,5-8,15,17-18,20H2,2-3H3,(H2,31,33)(H,32,36). The predicted molar refractivity (Wildman–Crippen MR) is 144 cm³/mol. The van der Waals surface area contributed by atoms with Crippen LogP contribution in [0.1, 0.15) is 92.4 Å². The maximum atomic E-state index is 13.4. The van der Waals surface area contributed by atoms with E-state index in [1.807, 2.05) is 56.3 Å². The highest BCUT2D eigenvalue weighted by atomic mass is 16.5. The van der Waals surface area contributed by atoms with Gasteiger partial charge in [0.15, 0.2) is 5.96 Å². The summed E-state index contributed by atoms with van der Waals surface area (Å²) in [5.41, 5.74) is 1.91. The number of hydrogen-bond donors (Lipinski definition) is 3. The van der Waals surface area contributed by atoms with E-state index < -0.39 is 5.54 Å². The number of amides is 2. The van der Waals surface area contributed by atoms with E-state index in [1.54, 1.807) is 11.0 Å². The first-order valence-corrected chi connectivity index (χ1v) is 13.2. The van der Waals surface area contributed by atoms with Crippen LogP contribution < -0.4 is 15.4 Å². The van der Waals surface area contributed by atoms with Crippen molar-refractivity contribution in [2.45, 2.75) is 76.4 Å². The van der Waals surface area contributed by atoms with E-state index in [1.165, 1.54) is 0 Å². The molecule has 2 aliphatic heterocycles. The summed E-state index contributed by atoms with van der Waals surface area (Å²) in [6.45, 7) is 4.62. The lowest BCUT2D eigenvalue weighted by Gasteiger charge is -2.45. The number of fused-ring (bicyclic) bond motifs is 1. The van der Waals surface area contributed by atoms with Crippen molar-refractivity contribution in [3.8, 4) is 18.1 Å². The van der Waals surface area contributed by atoms with Gasteiger partial charge in [-0.15, -0.1) is 12.3 Å². The van der Waals surface area contributed by atoms with Crippen LogP contribution in [0, 0.1) is 17.8 Å². The number of benzene rings is 2. The van der Waals surface area contributed by atoms with Crippen LogP contribution in [0.3, 0.4) is 0 Å². The molecule has 2 atom stereocenters. The molecule has 0 aromatic heterocycles. The molecule has 2 aromatic carbocycles. The van der Waals surface area contributed by atoms with Crippen molar-refractivity contribution in [1.29, 1.82) is 5.41 Å². The Morgan fingerprint density at radius 2 is 2.05 bits per heavy atom. The van der Waals surface area contributed by atoms with Gasteiger partial charge in [-0.1, -0.05) is 44.2 Å². The second kappa shape index (κ2) is 11.5. The quantitative estimate of drug-likeness (QED) is 0.330. The number of carbonyl (C=O) groups excluding carboxylic acids is 2. The van der Waals surface area contributed by atoms with Crippen LogP contribution in [0.4, 0.5) is 0 Å².